The van der Waals surface area contributed by atoms with E-state index in [1.807, 2.05) is 18.2 Å². The van der Waals surface area contributed by atoms with Crippen LogP contribution in [0.2, 0.25) is 0 Å². The molecule has 0 saturated heterocycles. The molecule has 3 rings (SSSR count). The van der Waals surface area contributed by atoms with Gasteiger partial charge in [0, 0.05) is 18.2 Å². The third-order valence-corrected chi connectivity index (χ3v) is 3.86. The second-order valence-electron chi connectivity index (χ2n) is 5.16. The highest BCUT2D eigenvalue weighted by atomic mass is 16.6. The number of nitrogens with two attached hydrogens (primary N) is 1. The molecule has 6 heteroatoms. The fraction of sp³-hybridized carbons (Fsp3) is 0.312. The van der Waals surface area contributed by atoms with Crippen molar-refractivity contribution in [1.82, 2.24) is 9.97 Å². The van der Waals surface area contributed by atoms with Crippen LogP contribution in [-0.4, -0.2) is 29.9 Å². The SMILES string of the molecule is CON=C1CC(c2ccccc2OC)Cc2nc(N)ncc21. The first kappa shape index (κ1) is 14.3. The molecule has 22 heavy (non-hydrogen) atoms. The van der Waals surface area contributed by atoms with Crippen LogP contribution in [0.15, 0.2) is 35.6 Å². The summed E-state index contributed by atoms with van der Waals surface area (Å²) in [5.41, 5.74) is 9.49. The summed E-state index contributed by atoms with van der Waals surface area (Å²) in [5.74, 6) is 1.36. The van der Waals surface area contributed by atoms with Crippen LogP contribution < -0.4 is 10.5 Å². The molecule has 6 nitrogen and oxygen atoms in total. The first-order chi connectivity index (χ1) is 10.7. The van der Waals surface area contributed by atoms with Gasteiger partial charge in [0.1, 0.15) is 12.9 Å². The molecule has 0 fully saturated rings. The van der Waals surface area contributed by atoms with E-state index in [2.05, 4.69) is 21.2 Å². The van der Waals surface area contributed by atoms with E-state index >= 15 is 0 Å². The van der Waals surface area contributed by atoms with Crippen LogP contribution in [0.25, 0.3) is 0 Å². The first-order valence-corrected chi connectivity index (χ1v) is 7.07. The van der Waals surface area contributed by atoms with Crippen LogP contribution in [0, 0.1) is 0 Å². The van der Waals surface area contributed by atoms with E-state index in [0.717, 1.165) is 41.1 Å². The number of para-hydroxylation sites is 1. The number of ether oxygens (including phenoxy) is 1. The Morgan fingerprint density at radius 1 is 1.23 bits per heavy atom. The molecule has 114 valence electrons. The van der Waals surface area contributed by atoms with Gasteiger partial charge in [0.15, 0.2) is 0 Å². The molecule has 0 radical (unpaired) electrons. The average Bonchev–Trinajstić information content (AvgIpc) is 2.54. The number of aromatic nitrogens is 2. The summed E-state index contributed by atoms with van der Waals surface area (Å²) in [5, 5.41) is 4.14. The second kappa shape index (κ2) is 6.01. The molecule has 2 N–H and O–H groups in total. The van der Waals surface area contributed by atoms with E-state index in [1.165, 1.54) is 7.11 Å². The summed E-state index contributed by atoms with van der Waals surface area (Å²) in [7, 11) is 3.22. The molecule has 1 atom stereocenters. The Balaban J connectivity index is 2.04. The number of benzene rings is 1. The van der Waals surface area contributed by atoms with Crippen LogP contribution in [0.4, 0.5) is 5.95 Å². The van der Waals surface area contributed by atoms with E-state index in [0.29, 0.717) is 0 Å². The molecule has 0 saturated carbocycles. The average molecular weight is 298 g/mol. The summed E-state index contributed by atoms with van der Waals surface area (Å²) < 4.78 is 5.48. The fourth-order valence-electron chi connectivity index (χ4n) is 2.90. The Labute approximate surface area is 129 Å². The largest absolute Gasteiger partial charge is 0.496 e. The maximum Gasteiger partial charge on any atom is 0.220 e. The molecule has 1 aromatic heterocycles. The number of hydrogen-bond donors (Lipinski definition) is 1. The number of oxime groups is 1. The van der Waals surface area contributed by atoms with Crippen molar-refractivity contribution in [2.75, 3.05) is 20.0 Å². The zero-order valence-corrected chi connectivity index (χ0v) is 12.6. The van der Waals surface area contributed by atoms with Gasteiger partial charge in [-0.3, -0.25) is 0 Å². The predicted molar refractivity (Wildman–Crippen MR) is 84.0 cm³/mol. The van der Waals surface area contributed by atoms with E-state index < -0.39 is 0 Å². The number of nitrogen functional groups attached to an aromatic ring is 1. The van der Waals surface area contributed by atoms with Gasteiger partial charge in [-0.15, -0.1) is 0 Å². The minimum Gasteiger partial charge on any atom is -0.496 e. The monoisotopic (exact) mass is 298 g/mol. The number of anilines is 1. The lowest BCUT2D eigenvalue weighted by Gasteiger charge is -2.26. The lowest BCUT2D eigenvalue weighted by atomic mass is 9.81. The molecule has 2 aromatic rings. The predicted octanol–water partition coefficient (Wildman–Crippen LogP) is 2.15. The van der Waals surface area contributed by atoms with Gasteiger partial charge in [-0.1, -0.05) is 23.4 Å². The van der Waals surface area contributed by atoms with Gasteiger partial charge in [-0.2, -0.15) is 0 Å². The van der Waals surface area contributed by atoms with Crippen molar-refractivity contribution in [2.24, 2.45) is 5.16 Å². The highest BCUT2D eigenvalue weighted by molar-refractivity contribution is 6.02. The van der Waals surface area contributed by atoms with E-state index in [9.17, 15) is 0 Å². The van der Waals surface area contributed by atoms with Crippen LogP contribution in [0.3, 0.4) is 0 Å². The van der Waals surface area contributed by atoms with Gasteiger partial charge in [0.2, 0.25) is 5.95 Å². The minimum atomic E-state index is 0.215. The Morgan fingerprint density at radius 2 is 2.05 bits per heavy atom. The quantitative estimate of drug-likeness (QED) is 0.878. The second-order valence-corrected chi connectivity index (χ2v) is 5.16. The number of hydrogen-bond acceptors (Lipinski definition) is 6. The number of rotatable bonds is 3. The van der Waals surface area contributed by atoms with Gasteiger partial charge in [0.05, 0.1) is 18.5 Å². The Morgan fingerprint density at radius 3 is 2.82 bits per heavy atom. The zero-order valence-electron chi connectivity index (χ0n) is 12.6. The van der Waals surface area contributed by atoms with Crippen molar-refractivity contribution in [2.45, 2.75) is 18.8 Å². The molecule has 0 amide bonds. The molecule has 1 unspecified atom stereocenters. The Kier molecular flexibility index (Phi) is 3.91. The first-order valence-electron chi connectivity index (χ1n) is 7.07. The van der Waals surface area contributed by atoms with Crippen molar-refractivity contribution in [1.29, 1.82) is 0 Å². The lowest BCUT2D eigenvalue weighted by molar-refractivity contribution is 0.212. The maximum atomic E-state index is 5.72. The van der Waals surface area contributed by atoms with Crippen LogP contribution in [0.5, 0.6) is 5.75 Å². The zero-order chi connectivity index (χ0) is 15.5. The fourth-order valence-corrected chi connectivity index (χ4v) is 2.90. The summed E-state index contributed by atoms with van der Waals surface area (Å²) in [4.78, 5) is 13.4. The van der Waals surface area contributed by atoms with Crippen molar-refractivity contribution in [3.63, 3.8) is 0 Å². The standard InChI is InChI=1S/C16H18N4O2/c1-21-15-6-4-3-5-11(15)10-7-13-12(9-18-16(17)19-13)14(8-10)20-22-2/h3-6,9-10H,7-8H2,1-2H3,(H2,17,18,19). The summed E-state index contributed by atoms with van der Waals surface area (Å²) in [6, 6.07) is 8.01. The van der Waals surface area contributed by atoms with Crippen LogP contribution >= 0.6 is 0 Å². The van der Waals surface area contributed by atoms with Crippen molar-refractivity contribution < 1.29 is 9.57 Å². The van der Waals surface area contributed by atoms with Gasteiger partial charge in [-0.05, 0) is 24.0 Å². The molecule has 1 heterocycles. The van der Waals surface area contributed by atoms with Gasteiger partial charge in [-0.25, -0.2) is 9.97 Å². The van der Waals surface area contributed by atoms with Crippen molar-refractivity contribution in [3.8, 4) is 5.75 Å². The van der Waals surface area contributed by atoms with Gasteiger partial charge >= 0.3 is 0 Å². The molecule has 1 aromatic carbocycles. The lowest BCUT2D eigenvalue weighted by Crippen LogP contribution is -2.22. The topological polar surface area (TPSA) is 82.6 Å². The molecule has 1 aliphatic carbocycles. The van der Waals surface area contributed by atoms with Crippen LogP contribution in [-0.2, 0) is 11.3 Å². The van der Waals surface area contributed by atoms with Crippen molar-refractivity contribution in [3.05, 3.63) is 47.3 Å². The molecule has 1 aliphatic rings. The molecular weight excluding hydrogens is 280 g/mol. The molecular formula is C16H18N4O2. The maximum absolute atomic E-state index is 5.72. The Bertz CT molecular complexity index is 715. The van der Waals surface area contributed by atoms with E-state index in [1.54, 1.807) is 13.3 Å². The normalized spacial score (nSPS) is 18.8. The smallest absolute Gasteiger partial charge is 0.220 e. The van der Waals surface area contributed by atoms with Crippen LogP contribution in [0.1, 0.15) is 29.2 Å². The summed E-state index contributed by atoms with van der Waals surface area (Å²) in [6.45, 7) is 0. The number of nitrogens with zero attached hydrogens (tertiary/aromatic N) is 3. The summed E-state index contributed by atoms with van der Waals surface area (Å²) in [6.07, 6.45) is 3.23. The third-order valence-electron chi connectivity index (χ3n) is 3.86. The highest BCUT2D eigenvalue weighted by Gasteiger charge is 2.28. The van der Waals surface area contributed by atoms with E-state index in [-0.39, 0.29) is 11.9 Å². The summed E-state index contributed by atoms with van der Waals surface area (Å²) >= 11 is 0. The van der Waals surface area contributed by atoms with Gasteiger partial charge in [0.25, 0.3) is 0 Å². The molecule has 0 spiro atoms. The van der Waals surface area contributed by atoms with Crippen molar-refractivity contribution >= 4 is 11.7 Å². The highest BCUT2D eigenvalue weighted by Crippen LogP contribution is 2.36. The van der Waals surface area contributed by atoms with Gasteiger partial charge < -0.3 is 15.3 Å². The van der Waals surface area contributed by atoms with E-state index in [4.69, 9.17) is 15.3 Å². The molecule has 0 aliphatic heterocycles. The Hall–Kier alpha value is -2.63. The third kappa shape index (κ3) is 2.59. The minimum absolute atomic E-state index is 0.215. The number of methoxy groups -OCH3 is 1. The number of fused-ring (bicyclic) bond motifs is 1. The molecule has 0 bridgehead atoms.